The van der Waals surface area contributed by atoms with Gasteiger partial charge in [0.25, 0.3) is 23.6 Å². The summed E-state index contributed by atoms with van der Waals surface area (Å²) in [5, 5.41) is 17.4. The van der Waals surface area contributed by atoms with Gasteiger partial charge in [0.15, 0.2) is 0 Å². The van der Waals surface area contributed by atoms with Crippen LogP contribution in [-0.4, -0.2) is 105 Å². The van der Waals surface area contributed by atoms with Crippen molar-refractivity contribution in [2.45, 2.75) is 96.9 Å². The number of likely N-dealkylation sites (tertiary alicyclic amines) is 2. The Bertz CT molecular complexity index is 2150. The number of fused-ring (bicyclic) bond motifs is 1. The maximum Gasteiger partial charge on any atom is 0.262 e. The topological polar surface area (TPSA) is 167 Å². The largest absolute Gasteiger partial charge is 0.494 e. The lowest BCUT2D eigenvalue weighted by Gasteiger charge is -2.63. The molecule has 1 N–H and O–H groups in total. The molecule has 3 fully saturated rings. The lowest BCUT2D eigenvalue weighted by atomic mass is 9.49. The number of nitrogens with zero attached hydrogens (tertiary/aromatic N) is 6. The minimum atomic E-state index is -0.985. The Labute approximate surface area is 343 Å². The quantitative estimate of drug-likeness (QED) is 0.168. The van der Waals surface area contributed by atoms with Gasteiger partial charge in [0, 0.05) is 55.7 Å². The first-order valence-electron chi connectivity index (χ1n) is 20.0. The maximum atomic E-state index is 13.5. The third-order valence-corrected chi connectivity index (χ3v) is 12.7. The number of ether oxygens (including phenoxy) is 2. The highest BCUT2D eigenvalue weighted by Gasteiger charge is 2.64. The zero-order valence-corrected chi connectivity index (χ0v) is 34.4. The Hall–Kier alpha value is -5.26. The number of unbranched alkanes of at least 4 members (excludes halogenated alkanes) is 2. The molecule has 2 saturated heterocycles. The van der Waals surface area contributed by atoms with Crippen LogP contribution in [0.25, 0.3) is 0 Å². The van der Waals surface area contributed by atoms with Gasteiger partial charge >= 0.3 is 0 Å². The normalized spacial score (nSPS) is 23.0. The fourth-order valence-corrected chi connectivity index (χ4v) is 9.64. The van der Waals surface area contributed by atoms with Crippen molar-refractivity contribution in [1.29, 1.82) is 5.26 Å². The van der Waals surface area contributed by atoms with E-state index in [1.165, 1.54) is 7.05 Å². The number of benzene rings is 2. The summed E-state index contributed by atoms with van der Waals surface area (Å²) in [5.41, 5.74) is 0.634. The molecule has 15 heteroatoms. The summed E-state index contributed by atoms with van der Waals surface area (Å²) in [7, 11) is 1.37. The van der Waals surface area contributed by atoms with Gasteiger partial charge in [-0.05, 0) is 75.4 Å². The Kier molecular flexibility index (Phi) is 11.4. The van der Waals surface area contributed by atoms with Gasteiger partial charge in [0.2, 0.25) is 5.91 Å². The number of nitrogens with one attached hydrogen (secondary N) is 1. The Morgan fingerprint density at radius 2 is 1.66 bits per heavy atom. The minimum absolute atomic E-state index is 0.0969. The lowest BCUT2D eigenvalue weighted by Crippen LogP contribution is -2.74. The second-order valence-corrected chi connectivity index (χ2v) is 17.4. The van der Waals surface area contributed by atoms with Crippen molar-refractivity contribution in [3.8, 4) is 17.6 Å². The van der Waals surface area contributed by atoms with Crippen molar-refractivity contribution >= 4 is 41.1 Å². The van der Waals surface area contributed by atoms with Gasteiger partial charge in [0.05, 0.1) is 46.1 Å². The number of amides is 5. The van der Waals surface area contributed by atoms with E-state index >= 15 is 0 Å². The number of carbonyl (C=O) groups excluding carboxylic acids is 5. The molecule has 3 aliphatic heterocycles. The fourth-order valence-electron chi connectivity index (χ4n) is 9.43. The molecule has 14 nitrogen and oxygen atoms in total. The number of likely N-dealkylation sites (N-methyl/N-ethyl adjacent to an activating group) is 1. The van der Waals surface area contributed by atoms with E-state index < -0.39 is 23.8 Å². The predicted octanol–water partition coefficient (Wildman–Crippen LogP) is 5.65. The van der Waals surface area contributed by atoms with Crippen LogP contribution in [-0.2, 0) is 9.59 Å². The van der Waals surface area contributed by atoms with Crippen molar-refractivity contribution in [2.24, 2.45) is 10.8 Å². The summed E-state index contributed by atoms with van der Waals surface area (Å²) in [6, 6.07) is 11.0. The van der Waals surface area contributed by atoms with Crippen molar-refractivity contribution in [2.75, 3.05) is 33.3 Å². The molecule has 1 atom stereocenters. The molecule has 2 aromatic carbocycles. The molecule has 1 aliphatic carbocycles. The Balaban J connectivity index is 0.813. The van der Waals surface area contributed by atoms with E-state index in [9.17, 15) is 29.2 Å². The average molecular weight is 812 g/mol. The van der Waals surface area contributed by atoms with E-state index in [2.05, 4.69) is 49.1 Å². The monoisotopic (exact) mass is 811 g/mol. The van der Waals surface area contributed by atoms with E-state index in [4.69, 9.17) is 21.1 Å². The van der Waals surface area contributed by atoms with Crippen LogP contribution in [0.5, 0.6) is 11.5 Å². The molecule has 306 valence electrons. The number of piperidine rings is 2. The van der Waals surface area contributed by atoms with Crippen molar-refractivity contribution < 1.29 is 33.4 Å². The summed E-state index contributed by atoms with van der Waals surface area (Å²) >= 11 is 6.24. The van der Waals surface area contributed by atoms with E-state index in [0.29, 0.717) is 34.3 Å². The molecule has 0 spiro atoms. The summed E-state index contributed by atoms with van der Waals surface area (Å²) in [6.07, 6.45) is 8.21. The number of imide groups is 2. The SMILES string of the molecule is CN1C(=O)CCC(N2C(=O)c3ccc(OCCCCCN4CCC(n5cc(C(=O)N[C@H]6C(C)(C)[C@H](Oc7ccc(C#N)c(Cl)c7)C6(C)C)cn5)CC4)cc3C2=O)C1=O. The van der Waals surface area contributed by atoms with Crippen LogP contribution in [0.3, 0.4) is 0 Å². The van der Waals surface area contributed by atoms with Crippen LogP contribution in [0.15, 0.2) is 48.8 Å². The number of hydrogen-bond acceptors (Lipinski definition) is 10. The number of nitriles is 1. The van der Waals surface area contributed by atoms with Crippen molar-refractivity contribution in [1.82, 2.24) is 29.8 Å². The minimum Gasteiger partial charge on any atom is -0.494 e. The third-order valence-electron chi connectivity index (χ3n) is 12.4. The molecule has 1 unspecified atom stereocenters. The molecule has 5 amide bonds. The molecule has 7 rings (SSSR count). The zero-order chi connectivity index (χ0) is 41.5. The average Bonchev–Trinajstić information content (AvgIpc) is 3.79. The molecule has 4 heterocycles. The molecular formula is C43H50ClN7O7. The second-order valence-electron chi connectivity index (χ2n) is 17.0. The van der Waals surface area contributed by atoms with Crippen LogP contribution < -0.4 is 14.8 Å². The van der Waals surface area contributed by atoms with Crippen LogP contribution >= 0.6 is 11.6 Å². The molecule has 3 aromatic rings. The Morgan fingerprint density at radius 1 is 0.948 bits per heavy atom. The van der Waals surface area contributed by atoms with Gasteiger partial charge < -0.3 is 19.7 Å². The fraction of sp³-hybridized carbons (Fsp3) is 0.512. The molecular weight excluding hydrogens is 762 g/mol. The van der Waals surface area contributed by atoms with Gasteiger partial charge in [-0.1, -0.05) is 39.3 Å². The summed E-state index contributed by atoms with van der Waals surface area (Å²) in [5.74, 6) is -1.02. The number of hydrogen-bond donors (Lipinski definition) is 1. The van der Waals surface area contributed by atoms with E-state index in [-0.39, 0.29) is 64.8 Å². The van der Waals surface area contributed by atoms with Crippen molar-refractivity contribution in [3.05, 3.63) is 76.1 Å². The standard InChI is InChI=1S/C43H50ClN7O7/c1-42(2)40(43(3,4)41(42)58-30-10-9-26(23-45)33(44)22-30)47-36(53)27-24-46-50(25-27)28-15-18-49(19-16-28)17-7-6-8-20-57-29-11-12-31-32(21-29)38(55)51(37(31)54)34-13-14-35(52)48(5)39(34)56/h9-12,21-22,24-25,28,34,40-41H,6-8,13-20H2,1-5H3,(H,47,53)/t34?,40-,41-. The summed E-state index contributed by atoms with van der Waals surface area (Å²) < 4.78 is 14.2. The molecule has 58 heavy (non-hydrogen) atoms. The van der Waals surface area contributed by atoms with E-state index in [0.717, 1.165) is 61.5 Å². The Morgan fingerprint density at radius 3 is 2.36 bits per heavy atom. The van der Waals surface area contributed by atoms with Gasteiger partial charge in [-0.15, -0.1) is 0 Å². The van der Waals surface area contributed by atoms with E-state index in [1.54, 1.807) is 42.6 Å². The smallest absolute Gasteiger partial charge is 0.262 e. The number of rotatable bonds is 13. The zero-order valence-electron chi connectivity index (χ0n) is 33.6. The van der Waals surface area contributed by atoms with Gasteiger partial charge in [-0.3, -0.25) is 38.5 Å². The first-order valence-corrected chi connectivity index (χ1v) is 20.4. The molecule has 0 bridgehead atoms. The van der Waals surface area contributed by atoms with E-state index in [1.807, 2.05) is 10.9 Å². The molecule has 0 radical (unpaired) electrons. The number of aromatic nitrogens is 2. The summed E-state index contributed by atoms with van der Waals surface area (Å²) in [4.78, 5) is 68.7. The second kappa shape index (κ2) is 16.2. The number of carbonyl (C=O) groups is 5. The highest BCUT2D eigenvalue weighted by atomic mass is 35.5. The first kappa shape index (κ1) is 40.9. The van der Waals surface area contributed by atoms with Gasteiger partial charge in [-0.2, -0.15) is 10.4 Å². The molecule has 1 aromatic heterocycles. The van der Waals surface area contributed by atoms with Crippen LogP contribution in [0.2, 0.25) is 5.02 Å². The maximum absolute atomic E-state index is 13.5. The first-order chi connectivity index (χ1) is 27.6. The molecule has 4 aliphatic rings. The van der Waals surface area contributed by atoms with Crippen LogP contribution in [0, 0.1) is 22.2 Å². The summed E-state index contributed by atoms with van der Waals surface area (Å²) in [6.45, 7) is 11.6. The molecule has 1 saturated carbocycles. The predicted molar refractivity (Wildman–Crippen MR) is 213 cm³/mol. The highest BCUT2D eigenvalue weighted by Crippen LogP contribution is 2.55. The third kappa shape index (κ3) is 7.69. The number of halogens is 1. The lowest BCUT2D eigenvalue weighted by molar-refractivity contribution is -0.164. The van der Waals surface area contributed by atoms with Crippen LogP contribution in [0.4, 0.5) is 0 Å². The highest BCUT2D eigenvalue weighted by molar-refractivity contribution is 6.31. The van der Waals surface area contributed by atoms with Crippen molar-refractivity contribution in [3.63, 3.8) is 0 Å². The van der Waals surface area contributed by atoms with Gasteiger partial charge in [-0.25, -0.2) is 0 Å². The van der Waals surface area contributed by atoms with Crippen LogP contribution in [0.1, 0.15) is 115 Å². The van der Waals surface area contributed by atoms with Gasteiger partial charge in [0.1, 0.15) is 29.7 Å².